The van der Waals surface area contributed by atoms with Crippen LogP contribution in [0.25, 0.3) is 0 Å². The predicted octanol–water partition coefficient (Wildman–Crippen LogP) is 2.37. The number of nitriles is 1. The van der Waals surface area contributed by atoms with Gasteiger partial charge in [0, 0.05) is 6.54 Å². The quantitative estimate of drug-likeness (QED) is 0.794. The third kappa shape index (κ3) is 4.56. The second-order valence-electron chi connectivity index (χ2n) is 4.14. The van der Waals surface area contributed by atoms with Crippen LogP contribution in [0.1, 0.15) is 11.3 Å². The molecule has 21 heavy (non-hydrogen) atoms. The number of rotatable bonds is 7. The highest BCUT2D eigenvalue weighted by atomic mass is 32.2. The number of benzene rings is 1. The van der Waals surface area contributed by atoms with Crippen molar-refractivity contribution in [3.63, 3.8) is 0 Å². The van der Waals surface area contributed by atoms with Crippen LogP contribution in [0.3, 0.4) is 0 Å². The number of hydrogen-bond acceptors (Lipinski definition) is 5. The number of sulfonamides is 1. The molecule has 0 fully saturated rings. The number of hydrogen-bond donors (Lipinski definition) is 1. The first-order valence-electron chi connectivity index (χ1n) is 6.29. The Morgan fingerprint density at radius 1 is 1.19 bits per heavy atom. The molecule has 0 unspecified atom stereocenters. The predicted molar refractivity (Wildman–Crippen MR) is 80.8 cm³/mol. The summed E-state index contributed by atoms with van der Waals surface area (Å²) in [5.41, 5.74) is 0. The topological polar surface area (TPSA) is 79.2 Å². The van der Waals surface area contributed by atoms with Gasteiger partial charge in [0.2, 0.25) is 10.0 Å². The Bertz CT molecular complexity index is 718. The molecule has 0 saturated heterocycles. The van der Waals surface area contributed by atoms with E-state index in [1.165, 1.54) is 12.1 Å². The lowest BCUT2D eigenvalue weighted by molar-refractivity contribution is 0.311. The maximum atomic E-state index is 11.9. The highest BCUT2D eigenvalue weighted by Gasteiger charge is 2.15. The molecule has 0 spiro atoms. The van der Waals surface area contributed by atoms with Crippen LogP contribution in [0.5, 0.6) is 5.75 Å². The number of para-hydroxylation sites is 1. The Kier molecular flexibility index (Phi) is 5.33. The molecule has 0 aliphatic carbocycles. The highest BCUT2D eigenvalue weighted by molar-refractivity contribution is 7.91. The van der Waals surface area contributed by atoms with Crippen LogP contribution in [0.2, 0.25) is 0 Å². The van der Waals surface area contributed by atoms with Crippen LogP contribution >= 0.6 is 11.3 Å². The smallest absolute Gasteiger partial charge is 0.250 e. The molecule has 0 bridgehead atoms. The van der Waals surface area contributed by atoms with Crippen molar-refractivity contribution in [1.82, 2.24) is 4.72 Å². The second kappa shape index (κ2) is 7.22. The molecule has 1 aromatic heterocycles. The maximum Gasteiger partial charge on any atom is 0.250 e. The van der Waals surface area contributed by atoms with E-state index in [0.717, 1.165) is 17.1 Å². The minimum atomic E-state index is -3.53. The van der Waals surface area contributed by atoms with Crippen LogP contribution in [0.15, 0.2) is 46.7 Å². The van der Waals surface area contributed by atoms with Gasteiger partial charge in [0.25, 0.3) is 0 Å². The Morgan fingerprint density at radius 2 is 1.95 bits per heavy atom. The first-order chi connectivity index (χ1) is 10.1. The van der Waals surface area contributed by atoms with Crippen molar-refractivity contribution in [3.8, 4) is 11.8 Å². The molecule has 0 atom stereocenters. The molecule has 5 nitrogen and oxygen atoms in total. The first-order valence-corrected chi connectivity index (χ1v) is 8.59. The third-order valence-electron chi connectivity index (χ3n) is 2.58. The zero-order chi connectivity index (χ0) is 15.1. The van der Waals surface area contributed by atoms with Crippen molar-refractivity contribution in [3.05, 3.63) is 47.3 Å². The number of nitrogens with zero attached hydrogens (tertiary/aromatic N) is 1. The summed E-state index contributed by atoms with van der Waals surface area (Å²) in [6.07, 6.45) is 0.560. The second-order valence-corrected chi connectivity index (χ2v) is 7.22. The lowest BCUT2D eigenvalue weighted by Gasteiger charge is -2.07. The zero-order valence-electron chi connectivity index (χ0n) is 11.2. The maximum absolute atomic E-state index is 11.9. The summed E-state index contributed by atoms with van der Waals surface area (Å²) in [5, 5.41) is 8.70. The van der Waals surface area contributed by atoms with E-state index in [4.69, 9.17) is 10.00 Å². The van der Waals surface area contributed by atoms with E-state index in [-0.39, 0.29) is 10.8 Å². The van der Waals surface area contributed by atoms with E-state index in [0.29, 0.717) is 17.9 Å². The molecule has 1 aromatic carbocycles. The average molecular weight is 322 g/mol. The van der Waals surface area contributed by atoms with E-state index in [1.807, 2.05) is 36.4 Å². The average Bonchev–Trinajstić information content (AvgIpc) is 2.98. The summed E-state index contributed by atoms with van der Waals surface area (Å²) in [5.74, 6) is 0.761. The lowest BCUT2D eigenvalue weighted by Crippen LogP contribution is -2.25. The lowest BCUT2D eigenvalue weighted by atomic mass is 10.3. The number of thiophene rings is 1. The van der Waals surface area contributed by atoms with Gasteiger partial charge in [-0.3, -0.25) is 0 Å². The minimum Gasteiger partial charge on any atom is -0.494 e. The minimum absolute atomic E-state index is 0.156. The van der Waals surface area contributed by atoms with Gasteiger partial charge in [0.15, 0.2) is 0 Å². The molecule has 2 aromatic rings. The summed E-state index contributed by atoms with van der Waals surface area (Å²) >= 11 is 0.958. The van der Waals surface area contributed by atoms with Gasteiger partial charge in [-0.25, -0.2) is 13.1 Å². The molecule has 0 aliphatic heterocycles. The summed E-state index contributed by atoms with van der Waals surface area (Å²) < 4.78 is 32.0. The van der Waals surface area contributed by atoms with Gasteiger partial charge in [-0.2, -0.15) is 5.26 Å². The van der Waals surface area contributed by atoms with Crippen molar-refractivity contribution in [2.75, 3.05) is 13.2 Å². The molecule has 0 amide bonds. The Balaban J connectivity index is 1.76. The van der Waals surface area contributed by atoms with Crippen LogP contribution in [0.4, 0.5) is 0 Å². The van der Waals surface area contributed by atoms with Gasteiger partial charge < -0.3 is 4.74 Å². The van der Waals surface area contributed by atoms with Crippen molar-refractivity contribution in [2.24, 2.45) is 0 Å². The van der Waals surface area contributed by atoms with Gasteiger partial charge >= 0.3 is 0 Å². The van der Waals surface area contributed by atoms with Gasteiger partial charge in [0.1, 0.15) is 20.9 Å². The highest BCUT2D eigenvalue weighted by Crippen LogP contribution is 2.20. The molecular formula is C14H14N2O3S2. The summed E-state index contributed by atoms with van der Waals surface area (Å²) in [7, 11) is -3.53. The molecule has 7 heteroatoms. The van der Waals surface area contributed by atoms with E-state index in [2.05, 4.69) is 4.72 Å². The fourth-order valence-electron chi connectivity index (χ4n) is 1.58. The molecule has 1 heterocycles. The normalized spacial score (nSPS) is 11.0. The van der Waals surface area contributed by atoms with Crippen molar-refractivity contribution in [1.29, 1.82) is 5.26 Å². The summed E-state index contributed by atoms with van der Waals surface area (Å²) in [6.45, 7) is 0.718. The van der Waals surface area contributed by atoms with Crippen LogP contribution < -0.4 is 9.46 Å². The van der Waals surface area contributed by atoms with Crippen molar-refractivity contribution in [2.45, 2.75) is 10.6 Å². The van der Waals surface area contributed by atoms with Gasteiger partial charge in [-0.1, -0.05) is 18.2 Å². The van der Waals surface area contributed by atoms with E-state index < -0.39 is 10.0 Å². The van der Waals surface area contributed by atoms with Gasteiger partial charge in [0.05, 0.1) is 6.61 Å². The number of ether oxygens (including phenoxy) is 1. The molecule has 2 rings (SSSR count). The van der Waals surface area contributed by atoms with Crippen LogP contribution in [0, 0.1) is 11.3 Å². The SMILES string of the molecule is N#Cc1ccc(S(=O)(=O)NCCCOc2ccccc2)s1. The standard InChI is InChI=1S/C14H14N2O3S2/c15-11-13-7-8-14(20-13)21(17,18)16-9-4-10-19-12-5-2-1-3-6-12/h1-3,5-8,16H,4,9-10H2. The molecule has 1 N–H and O–H groups in total. The molecule has 110 valence electrons. The van der Waals surface area contributed by atoms with E-state index >= 15 is 0 Å². The zero-order valence-corrected chi connectivity index (χ0v) is 12.8. The van der Waals surface area contributed by atoms with E-state index in [9.17, 15) is 8.42 Å². The van der Waals surface area contributed by atoms with Crippen molar-refractivity contribution < 1.29 is 13.2 Å². The Labute approximate surface area is 127 Å². The van der Waals surface area contributed by atoms with Crippen LogP contribution in [-0.2, 0) is 10.0 Å². The number of nitrogens with one attached hydrogen (secondary N) is 1. The summed E-state index contributed by atoms with van der Waals surface area (Å²) in [6, 6.07) is 14.2. The van der Waals surface area contributed by atoms with Crippen molar-refractivity contribution >= 4 is 21.4 Å². The molecule has 0 saturated carbocycles. The van der Waals surface area contributed by atoms with E-state index in [1.54, 1.807) is 0 Å². The molecule has 0 radical (unpaired) electrons. The Morgan fingerprint density at radius 3 is 2.62 bits per heavy atom. The third-order valence-corrected chi connectivity index (χ3v) is 5.52. The molecule has 0 aliphatic rings. The molecular weight excluding hydrogens is 308 g/mol. The monoisotopic (exact) mass is 322 g/mol. The summed E-state index contributed by atoms with van der Waals surface area (Å²) in [4.78, 5) is 0.378. The first kappa shape index (κ1) is 15.5. The van der Waals surface area contributed by atoms with Gasteiger partial charge in [-0.05, 0) is 30.7 Å². The largest absolute Gasteiger partial charge is 0.494 e. The van der Waals surface area contributed by atoms with Gasteiger partial charge in [-0.15, -0.1) is 11.3 Å². The fraction of sp³-hybridized carbons (Fsp3) is 0.214. The fourth-order valence-corrected chi connectivity index (χ4v) is 3.80. The Hall–Kier alpha value is -1.88. The van der Waals surface area contributed by atoms with Crippen LogP contribution in [-0.4, -0.2) is 21.6 Å².